The maximum absolute atomic E-state index is 12.1. The van der Waals surface area contributed by atoms with Crippen LogP contribution in [0, 0.1) is 0 Å². The second kappa shape index (κ2) is 9.16. The summed E-state index contributed by atoms with van der Waals surface area (Å²) in [5.74, 6) is -0.238. The molecule has 0 saturated carbocycles. The molecule has 6 nitrogen and oxygen atoms in total. The van der Waals surface area contributed by atoms with Crippen molar-refractivity contribution in [3.05, 3.63) is 33.8 Å². The number of hydrogen-bond donors (Lipinski definition) is 3. The quantitative estimate of drug-likeness (QED) is 0.654. The maximum Gasteiger partial charge on any atom is 0.252 e. The topological polar surface area (TPSA) is 71.6 Å². The molecular weight excluding hydrogens is 365 g/mol. The van der Waals surface area contributed by atoms with Gasteiger partial charge >= 0.3 is 0 Å². The first kappa shape index (κ1) is 18.9. The Hall–Kier alpha value is -0.890. The summed E-state index contributed by atoms with van der Waals surface area (Å²) in [6.45, 7) is 1.69. The average molecular weight is 388 g/mol. The molecule has 1 aromatic rings. The Bertz CT molecular complexity index is 589. The fourth-order valence-corrected chi connectivity index (χ4v) is 3.63. The van der Waals surface area contributed by atoms with Crippen LogP contribution in [0.3, 0.4) is 0 Å². The largest absolute Gasteiger partial charge is 0.377 e. The highest BCUT2D eigenvalue weighted by atomic mass is 35.5. The van der Waals surface area contributed by atoms with E-state index in [1.165, 1.54) is 0 Å². The van der Waals surface area contributed by atoms with Crippen LogP contribution >= 0.6 is 23.2 Å². The summed E-state index contributed by atoms with van der Waals surface area (Å²) in [7, 11) is 0. The maximum atomic E-state index is 12.1. The molecule has 2 aliphatic rings. The molecule has 3 N–H and O–H groups in total. The summed E-state index contributed by atoms with van der Waals surface area (Å²) >= 11 is 11.9. The smallest absolute Gasteiger partial charge is 0.252 e. The van der Waals surface area contributed by atoms with Gasteiger partial charge in [0.05, 0.1) is 23.3 Å². The van der Waals surface area contributed by atoms with E-state index >= 15 is 0 Å². The molecule has 0 aromatic heterocycles. The van der Waals surface area contributed by atoms with Crippen LogP contribution in [0.2, 0.25) is 10.0 Å². The van der Waals surface area contributed by atoms with E-state index in [2.05, 4.69) is 16.2 Å². The molecule has 25 heavy (non-hydrogen) atoms. The number of halogens is 2. The lowest BCUT2D eigenvalue weighted by Gasteiger charge is -2.33. The lowest BCUT2D eigenvalue weighted by atomic mass is 10.0. The summed E-state index contributed by atoms with van der Waals surface area (Å²) < 4.78 is 11.4. The molecule has 2 heterocycles. The van der Waals surface area contributed by atoms with E-state index in [1.54, 1.807) is 18.2 Å². The van der Waals surface area contributed by atoms with Gasteiger partial charge in [-0.2, -0.15) is 0 Å². The molecular formula is C17H23Cl2N3O3. The van der Waals surface area contributed by atoms with Crippen LogP contribution < -0.4 is 16.2 Å². The van der Waals surface area contributed by atoms with E-state index in [9.17, 15) is 4.79 Å². The number of rotatable bonds is 6. The number of hydrazine groups is 1. The van der Waals surface area contributed by atoms with Crippen molar-refractivity contribution in [2.75, 3.05) is 19.8 Å². The van der Waals surface area contributed by atoms with Crippen molar-refractivity contribution in [3.63, 3.8) is 0 Å². The Morgan fingerprint density at radius 1 is 1.28 bits per heavy atom. The highest BCUT2D eigenvalue weighted by Crippen LogP contribution is 2.22. The number of ether oxygens (including phenoxy) is 2. The summed E-state index contributed by atoms with van der Waals surface area (Å²) in [5, 5.41) is 3.63. The van der Waals surface area contributed by atoms with Gasteiger partial charge in [-0.05, 0) is 43.9 Å². The summed E-state index contributed by atoms with van der Waals surface area (Å²) in [4.78, 5) is 12.1. The fraction of sp³-hybridized carbons (Fsp3) is 0.588. The molecule has 2 aliphatic heterocycles. The number of nitrogens with one attached hydrogen (secondary N) is 3. The second-order valence-corrected chi connectivity index (χ2v) is 7.11. The molecule has 3 unspecified atom stereocenters. The van der Waals surface area contributed by atoms with Gasteiger partial charge in [-0.1, -0.05) is 23.2 Å². The van der Waals surface area contributed by atoms with E-state index in [4.69, 9.17) is 32.7 Å². The third-order valence-corrected chi connectivity index (χ3v) is 5.01. The molecule has 2 saturated heterocycles. The van der Waals surface area contributed by atoms with E-state index in [-0.39, 0.29) is 12.1 Å². The number of carbonyl (C=O) groups is 1. The van der Waals surface area contributed by atoms with Gasteiger partial charge in [0, 0.05) is 24.2 Å². The van der Waals surface area contributed by atoms with Gasteiger partial charge < -0.3 is 14.8 Å². The van der Waals surface area contributed by atoms with Crippen molar-refractivity contribution in [2.45, 2.75) is 44.1 Å². The normalized spacial score (nSPS) is 26.6. The Balaban J connectivity index is 1.33. The Morgan fingerprint density at radius 2 is 2.16 bits per heavy atom. The Kier molecular flexibility index (Phi) is 6.92. The van der Waals surface area contributed by atoms with Gasteiger partial charge in [0.25, 0.3) is 5.91 Å². The number of amides is 1. The lowest BCUT2D eigenvalue weighted by Crippen LogP contribution is -2.56. The first-order valence-corrected chi connectivity index (χ1v) is 9.36. The van der Waals surface area contributed by atoms with E-state index in [0.29, 0.717) is 40.9 Å². The fourth-order valence-electron chi connectivity index (χ4n) is 3.13. The highest BCUT2D eigenvalue weighted by Gasteiger charge is 2.30. The second-order valence-electron chi connectivity index (χ2n) is 6.26. The van der Waals surface area contributed by atoms with Gasteiger partial charge in [0.1, 0.15) is 6.23 Å². The van der Waals surface area contributed by atoms with E-state index in [1.807, 2.05) is 0 Å². The summed E-state index contributed by atoms with van der Waals surface area (Å²) in [6.07, 6.45) is 4.42. The first-order chi connectivity index (χ1) is 12.1. The van der Waals surface area contributed by atoms with Crippen LogP contribution in [0.25, 0.3) is 0 Å². The molecule has 2 fully saturated rings. The van der Waals surface area contributed by atoms with E-state index < -0.39 is 0 Å². The van der Waals surface area contributed by atoms with Crippen molar-refractivity contribution in [2.24, 2.45) is 0 Å². The molecule has 0 spiro atoms. The average Bonchev–Trinajstić information content (AvgIpc) is 3.13. The Morgan fingerprint density at radius 3 is 2.84 bits per heavy atom. The third kappa shape index (κ3) is 5.29. The molecule has 3 atom stereocenters. The molecule has 8 heteroatoms. The molecule has 138 valence electrons. The minimum Gasteiger partial charge on any atom is -0.377 e. The minimum atomic E-state index is -0.238. The van der Waals surface area contributed by atoms with Crippen molar-refractivity contribution in [1.29, 1.82) is 0 Å². The zero-order valence-electron chi connectivity index (χ0n) is 13.9. The number of carbonyl (C=O) groups excluding carboxylic acids is 1. The number of hydrogen-bond acceptors (Lipinski definition) is 5. The van der Waals surface area contributed by atoms with Crippen molar-refractivity contribution in [1.82, 2.24) is 16.2 Å². The summed E-state index contributed by atoms with van der Waals surface area (Å²) in [6, 6.07) is 5.14. The van der Waals surface area contributed by atoms with Crippen LogP contribution in [0.4, 0.5) is 0 Å². The predicted molar refractivity (Wildman–Crippen MR) is 96.8 cm³/mol. The molecule has 0 aliphatic carbocycles. The van der Waals surface area contributed by atoms with Crippen LogP contribution in [-0.4, -0.2) is 44.0 Å². The van der Waals surface area contributed by atoms with Crippen molar-refractivity contribution >= 4 is 29.1 Å². The van der Waals surface area contributed by atoms with Gasteiger partial charge in [-0.3, -0.25) is 4.79 Å². The van der Waals surface area contributed by atoms with Gasteiger partial charge in [-0.15, -0.1) is 0 Å². The van der Waals surface area contributed by atoms with Gasteiger partial charge in [0.2, 0.25) is 0 Å². The van der Waals surface area contributed by atoms with Crippen LogP contribution in [0.1, 0.15) is 36.0 Å². The third-order valence-electron chi connectivity index (χ3n) is 4.47. The monoisotopic (exact) mass is 387 g/mol. The molecule has 3 rings (SSSR count). The van der Waals surface area contributed by atoms with Crippen molar-refractivity contribution < 1.29 is 14.3 Å². The van der Waals surface area contributed by atoms with Crippen LogP contribution in [0.15, 0.2) is 18.2 Å². The molecule has 0 radical (unpaired) electrons. The zero-order valence-corrected chi connectivity index (χ0v) is 15.4. The first-order valence-electron chi connectivity index (χ1n) is 8.61. The molecule has 0 bridgehead atoms. The Labute approximate surface area is 157 Å². The standard InChI is InChI=1S/C17H23Cl2N3O3/c18-11-3-4-12(13(19)10-11)17(23)20-7-9-25-16-6-5-14(21-22-16)15-2-1-8-24-15/h3-4,10,14-16,21-22H,1-2,5-9H2,(H,20,23). The molecule has 1 amide bonds. The summed E-state index contributed by atoms with van der Waals surface area (Å²) in [5.41, 5.74) is 6.87. The minimum absolute atomic E-state index is 0.0614. The lowest BCUT2D eigenvalue weighted by molar-refractivity contribution is -0.0280. The molecule has 1 aromatic carbocycles. The van der Waals surface area contributed by atoms with Gasteiger partial charge in [-0.25, -0.2) is 10.9 Å². The highest BCUT2D eigenvalue weighted by molar-refractivity contribution is 6.36. The van der Waals surface area contributed by atoms with Gasteiger partial charge in [0.15, 0.2) is 0 Å². The van der Waals surface area contributed by atoms with Crippen molar-refractivity contribution in [3.8, 4) is 0 Å². The van der Waals surface area contributed by atoms with Crippen LogP contribution in [0.5, 0.6) is 0 Å². The SMILES string of the molecule is O=C(NCCOC1CCC(C2CCCO2)NN1)c1ccc(Cl)cc1Cl. The zero-order chi connectivity index (χ0) is 17.6. The predicted octanol–water partition coefficient (Wildman–Crippen LogP) is 2.50. The van der Waals surface area contributed by atoms with Crippen LogP contribution in [-0.2, 0) is 9.47 Å². The van der Waals surface area contributed by atoms with E-state index in [0.717, 1.165) is 32.3 Å². The number of benzene rings is 1.